The number of hydrogen-bond acceptors (Lipinski definition) is 3. The molecule has 2 aromatic carbocycles. The van der Waals surface area contributed by atoms with Gasteiger partial charge in [-0.15, -0.1) is 0 Å². The Morgan fingerprint density at radius 1 is 1.03 bits per heavy atom. The van der Waals surface area contributed by atoms with Crippen LogP contribution in [0.2, 0.25) is 0 Å². The summed E-state index contributed by atoms with van der Waals surface area (Å²) in [5.74, 6) is -1.30. The second kappa shape index (κ2) is 10.6. The molecule has 0 bridgehead atoms. The van der Waals surface area contributed by atoms with Gasteiger partial charge in [-0.2, -0.15) is 26.3 Å². The Morgan fingerprint density at radius 2 is 1.62 bits per heavy atom. The highest BCUT2D eigenvalue weighted by Crippen LogP contribution is 2.40. The van der Waals surface area contributed by atoms with Crippen LogP contribution in [0.3, 0.4) is 0 Å². The van der Waals surface area contributed by atoms with Crippen molar-refractivity contribution in [3.05, 3.63) is 64.5 Å². The van der Waals surface area contributed by atoms with Crippen LogP contribution in [0.4, 0.5) is 41.2 Å². The van der Waals surface area contributed by atoms with Crippen LogP contribution in [0, 0.1) is 5.82 Å². The molecule has 0 spiro atoms. The molecule has 5 nitrogen and oxygen atoms in total. The minimum atomic E-state index is -5.04. The van der Waals surface area contributed by atoms with Gasteiger partial charge in [-0.05, 0) is 68.1 Å². The van der Waals surface area contributed by atoms with Gasteiger partial charge in [0.1, 0.15) is 5.82 Å². The van der Waals surface area contributed by atoms with E-state index in [1.54, 1.807) is 13.8 Å². The van der Waals surface area contributed by atoms with Crippen molar-refractivity contribution in [1.82, 2.24) is 4.90 Å². The molecule has 0 fully saturated rings. The predicted molar refractivity (Wildman–Crippen MR) is 120 cm³/mol. The summed E-state index contributed by atoms with van der Waals surface area (Å²) in [6.07, 6.45) is -10.8. The number of halogens is 7. The Morgan fingerprint density at radius 3 is 2.14 bits per heavy atom. The van der Waals surface area contributed by atoms with Crippen molar-refractivity contribution in [1.29, 1.82) is 0 Å². The Balaban J connectivity index is 2.07. The quantitative estimate of drug-likeness (QED) is 0.394. The normalized spacial score (nSPS) is 16.3. The van der Waals surface area contributed by atoms with Gasteiger partial charge in [0, 0.05) is 20.0 Å². The fourth-order valence-corrected chi connectivity index (χ4v) is 4.28. The molecule has 0 aliphatic carbocycles. The molecule has 37 heavy (non-hydrogen) atoms. The molecule has 202 valence electrons. The molecule has 1 aliphatic rings. The lowest BCUT2D eigenvalue weighted by molar-refractivity contribution is -0.143. The Kier molecular flexibility index (Phi) is 8.09. The maximum absolute atomic E-state index is 14.2. The molecule has 12 heteroatoms. The zero-order valence-corrected chi connectivity index (χ0v) is 20.2. The number of ether oxygens (including phenoxy) is 1. The lowest BCUT2D eigenvalue weighted by Gasteiger charge is -2.32. The lowest BCUT2D eigenvalue weighted by Crippen LogP contribution is -2.35. The minimum absolute atomic E-state index is 0.0174. The molecule has 0 aromatic heterocycles. The van der Waals surface area contributed by atoms with Gasteiger partial charge in [0.25, 0.3) is 0 Å². The topological polar surface area (TPSA) is 49.9 Å². The molecule has 2 aromatic rings. The molecular weight excluding hydrogens is 509 g/mol. The molecule has 1 aliphatic heterocycles. The molecule has 1 atom stereocenters. The SMILES string of the molecule is CC(=O)N(Cc1cc(C(F)(F)F)cc(C(F)(F)F)c1)C1CCCN(C(=O)OC(C)C)c2cc(F)ccc21. The number of alkyl halides is 6. The zero-order valence-electron chi connectivity index (χ0n) is 20.2. The van der Waals surface area contributed by atoms with Crippen molar-refractivity contribution >= 4 is 17.7 Å². The minimum Gasteiger partial charge on any atom is -0.446 e. The zero-order chi connectivity index (χ0) is 27.7. The predicted octanol–water partition coefficient (Wildman–Crippen LogP) is 7.10. The van der Waals surface area contributed by atoms with E-state index in [-0.39, 0.29) is 30.3 Å². The van der Waals surface area contributed by atoms with E-state index in [0.717, 1.165) is 24.0 Å². The summed E-state index contributed by atoms with van der Waals surface area (Å²) >= 11 is 0. The van der Waals surface area contributed by atoms with Gasteiger partial charge in [-0.3, -0.25) is 9.69 Å². The van der Waals surface area contributed by atoms with E-state index < -0.39 is 60.0 Å². The summed E-state index contributed by atoms with van der Waals surface area (Å²) in [7, 11) is 0. The maximum atomic E-state index is 14.2. The Labute approximate surface area is 208 Å². The van der Waals surface area contributed by atoms with Gasteiger partial charge in [-0.25, -0.2) is 9.18 Å². The molecule has 0 saturated heterocycles. The molecule has 0 saturated carbocycles. The number of benzene rings is 2. The second-order valence-corrected chi connectivity index (χ2v) is 9.01. The summed E-state index contributed by atoms with van der Waals surface area (Å²) in [4.78, 5) is 27.7. The van der Waals surface area contributed by atoms with Crippen LogP contribution < -0.4 is 4.90 Å². The fraction of sp³-hybridized carbons (Fsp3) is 0.440. The van der Waals surface area contributed by atoms with Crippen molar-refractivity contribution in [2.75, 3.05) is 11.4 Å². The monoisotopic (exact) mass is 534 g/mol. The van der Waals surface area contributed by atoms with E-state index in [0.29, 0.717) is 24.1 Å². The molecular formula is C25H25F7N2O3. The van der Waals surface area contributed by atoms with E-state index in [2.05, 4.69) is 0 Å². The van der Waals surface area contributed by atoms with Crippen molar-refractivity contribution in [3.63, 3.8) is 0 Å². The maximum Gasteiger partial charge on any atom is 0.416 e. The van der Waals surface area contributed by atoms with Crippen LogP contribution in [0.25, 0.3) is 0 Å². The average molecular weight is 534 g/mol. The highest BCUT2D eigenvalue weighted by Gasteiger charge is 2.38. The van der Waals surface area contributed by atoms with Crippen LogP contribution in [0.1, 0.15) is 61.9 Å². The molecule has 1 heterocycles. The van der Waals surface area contributed by atoms with Crippen LogP contribution in [-0.2, 0) is 28.4 Å². The number of amides is 2. The summed E-state index contributed by atoms with van der Waals surface area (Å²) in [6, 6.07) is 3.84. The van der Waals surface area contributed by atoms with Crippen molar-refractivity contribution in [2.45, 2.75) is 64.7 Å². The highest BCUT2D eigenvalue weighted by atomic mass is 19.4. The number of nitrogens with zero attached hydrogens (tertiary/aromatic N) is 2. The van der Waals surface area contributed by atoms with E-state index in [4.69, 9.17) is 4.74 Å². The summed E-state index contributed by atoms with van der Waals surface area (Å²) in [6.45, 7) is 3.93. The summed E-state index contributed by atoms with van der Waals surface area (Å²) in [5.41, 5.74) is -2.93. The van der Waals surface area contributed by atoms with E-state index in [1.165, 1.54) is 11.0 Å². The first-order valence-electron chi connectivity index (χ1n) is 11.4. The van der Waals surface area contributed by atoms with E-state index >= 15 is 0 Å². The van der Waals surface area contributed by atoms with Gasteiger partial charge >= 0.3 is 18.4 Å². The van der Waals surface area contributed by atoms with Crippen LogP contribution in [-0.4, -0.2) is 29.5 Å². The summed E-state index contributed by atoms with van der Waals surface area (Å²) < 4.78 is 99.6. The fourth-order valence-electron chi connectivity index (χ4n) is 4.28. The summed E-state index contributed by atoms with van der Waals surface area (Å²) in [5, 5.41) is 0. The van der Waals surface area contributed by atoms with Gasteiger partial charge < -0.3 is 9.64 Å². The number of rotatable bonds is 4. The van der Waals surface area contributed by atoms with Crippen molar-refractivity contribution in [2.24, 2.45) is 0 Å². The largest absolute Gasteiger partial charge is 0.446 e. The number of hydrogen-bond donors (Lipinski definition) is 0. The Hall–Kier alpha value is -3.31. The van der Waals surface area contributed by atoms with Gasteiger partial charge in [-0.1, -0.05) is 6.07 Å². The third-order valence-electron chi connectivity index (χ3n) is 5.84. The number of anilines is 1. The van der Waals surface area contributed by atoms with Gasteiger partial charge in [0.15, 0.2) is 0 Å². The van der Waals surface area contributed by atoms with E-state index in [9.17, 15) is 40.3 Å². The Bertz CT molecular complexity index is 1130. The standard InChI is InChI=1S/C25H25F7N2O3/c1-14(2)37-23(36)33-8-4-5-21(20-7-6-19(26)12-22(20)33)34(15(3)35)13-16-9-17(24(27,28)29)11-18(10-16)25(30,31)32/h6-7,9-12,14,21H,4-5,8,13H2,1-3H3. The van der Waals surface area contributed by atoms with E-state index in [1.807, 2.05) is 0 Å². The van der Waals surface area contributed by atoms with Crippen LogP contribution >= 0.6 is 0 Å². The third-order valence-corrected chi connectivity index (χ3v) is 5.84. The molecule has 3 rings (SSSR count). The lowest BCUT2D eigenvalue weighted by atomic mass is 9.98. The van der Waals surface area contributed by atoms with Crippen molar-refractivity contribution in [3.8, 4) is 0 Å². The van der Waals surface area contributed by atoms with Gasteiger partial charge in [0.05, 0.1) is 29.0 Å². The first kappa shape index (κ1) is 28.3. The number of carbonyl (C=O) groups is 2. The highest BCUT2D eigenvalue weighted by molar-refractivity contribution is 5.89. The molecule has 0 N–H and O–H groups in total. The number of fused-ring (bicyclic) bond motifs is 1. The second-order valence-electron chi connectivity index (χ2n) is 9.01. The molecule has 1 unspecified atom stereocenters. The van der Waals surface area contributed by atoms with Crippen LogP contribution in [0.15, 0.2) is 36.4 Å². The first-order valence-corrected chi connectivity index (χ1v) is 11.4. The average Bonchev–Trinajstić information content (AvgIpc) is 2.94. The van der Waals surface area contributed by atoms with Crippen LogP contribution in [0.5, 0.6) is 0 Å². The first-order chi connectivity index (χ1) is 17.1. The third kappa shape index (κ3) is 6.72. The van der Waals surface area contributed by atoms with Crippen molar-refractivity contribution < 1.29 is 45.1 Å². The smallest absolute Gasteiger partial charge is 0.416 e. The molecule has 0 radical (unpaired) electrons. The van der Waals surface area contributed by atoms with Gasteiger partial charge in [0.2, 0.25) is 5.91 Å². The number of carbonyl (C=O) groups excluding carboxylic acids is 2. The molecule has 2 amide bonds.